The SMILES string of the molecule is CN=C(N)Nc1nc(CCCCNc2ncc(Cc3ccc(C)nc3)c(=O)[nH]2)cs1. The number of nitrogens with zero attached hydrogens (tertiary/aromatic N) is 4. The first kappa shape index (κ1) is 21.4. The molecule has 30 heavy (non-hydrogen) atoms. The van der Waals surface area contributed by atoms with Crippen LogP contribution in [0.25, 0.3) is 0 Å². The highest BCUT2D eigenvalue weighted by Crippen LogP contribution is 2.16. The van der Waals surface area contributed by atoms with E-state index in [1.54, 1.807) is 19.4 Å². The van der Waals surface area contributed by atoms with Gasteiger partial charge < -0.3 is 16.4 Å². The van der Waals surface area contributed by atoms with E-state index in [4.69, 9.17) is 5.73 Å². The summed E-state index contributed by atoms with van der Waals surface area (Å²) in [6, 6.07) is 3.91. The van der Waals surface area contributed by atoms with Crippen molar-refractivity contribution < 1.29 is 0 Å². The van der Waals surface area contributed by atoms with Crippen molar-refractivity contribution in [2.45, 2.75) is 32.6 Å². The number of hydrogen-bond acceptors (Lipinski definition) is 7. The van der Waals surface area contributed by atoms with Crippen LogP contribution in [0.3, 0.4) is 0 Å². The number of aromatic nitrogens is 4. The summed E-state index contributed by atoms with van der Waals surface area (Å²) in [6.45, 7) is 2.65. The van der Waals surface area contributed by atoms with Gasteiger partial charge in [0, 0.05) is 49.0 Å². The van der Waals surface area contributed by atoms with Crippen molar-refractivity contribution in [1.82, 2.24) is 19.9 Å². The molecule has 0 aliphatic heterocycles. The van der Waals surface area contributed by atoms with E-state index in [0.29, 0.717) is 23.9 Å². The highest BCUT2D eigenvalue weighted by Gasteiger charge is 2.05. The Morgan fingerprint density at radius 3 is 2.87 bits per heavy atom. The van der Waals surface area contributed by atoms with Gasteiger partial charge in [0.15, 0.2) is 11.1 Å². The van der Waals surface area contributed by atoms with Gasteiger partial charge in [-0.1, -0.05) is 6.07 Å². The molecule has 9 nitrogen and oxygen atoms in total. The smallest absolute Gasteiger partial charge is 0.255 e. The minimum Gasteiger partial charge on any atom is -0.370 e. The Bertz CT molecular complexity index is 1040. The molecule has 0 fully saturated rings. The summed E-state index contributed by atoms with van der Waals surface area (Å²) in [5.74, 6) is 0.836. The van der Waals surface area contributed by atoms with E-state index < -0.39 is 0 Å². The molecule has 3 aromatic rings. The molecule has 0 aliphatic carbocycles. The zero-order valence-electron chi connectivity index (χ0n) is 17.1. The zero-order chi connectivity index (χ0) is 21.3. The van der Waals surface area contributed by atoms with E-state index in [0.717, 1.165) is 47.9 Å². The topological polar surface area (TPSA) is 134 Å². The Morgan fingerprint density at radius 1 is 1.27 bits per heavy atom. The van der Waals surface area contributed by atoms with Crippen LogP contribution in [-0.2, 0) is 12.8 Å². The van der Waals surface area contributed by atoms with E-state index in [2.05, 4.69) is 35.6 Å². The zero-order valence-corrected chi connectivity index (χ0v) is 17.9. The Balaban J connectivity index is 1.41. The maximum Gasteiger partial charge on any atom is 0.255 e. The van der Waals surface area contributed by atoms with Gasteiger partial charge in [-0.05, 0) is 37.8 Å². The third-order valence-electron chi connectivity index (χ3n) is 4.42. The lowest BCUT2D eigenvalue weighted by atomic mass is 10.1. The lowest BCUT2D eigenvalue weighted by molar-refractivity contribution is 0.748. The molecule has 0 radical (unpaired) electrons. The number of rotatable bonds is 9. The third-order valence-corrected chi connectivity index (χ3v) is 5.23. The molecule has 5 N–H and O–H groups in total. The quantitative estimate of drug-likeness (QED) is 0.234. The number of pyridine rings is 1. The Labute approximate surface area is 178 Å². The molecular weight excluding hydrogens is 400 g/mol. The van der Waals surface area contributed by atoms with E-state index >= 15 is 0 Å². The number of nitrogens with one attached hydrogen (secondary N) is 3. The number of aliphatic imine (C=N–C) groups is 1. The fourth-order valence-electron chi connectivity index (χ4n) is 2.74. The van der Waals surface area contributed by atoms with Crippen LogP contribution in [-0.4, -0.2) is 39.5 Å². The number of thiazole rings is 1. The molecule has 3 rings (SSSR count). The molecule has 0 saturated heterocycles. The van der Waals surface area contributed by atoms with E-state index in [1.807, 2.05) is 24.4 Å². The van der Waals surface area contributed by atoms with Gasteiger partial charge >= 0.3 is 0 Å². The van der Waals surface area contributed by atoms with Crippen molar-refractivity contribution in [3.8, 4) is 0 Å². The molecule has 0 saturated carbocycles. The van der Waals surface area contributed by atoms with Crippen molar-refractivity contribution in [2.75, 3.05) is 24.2 Å². The molecule has 3 heterocycles. The molecular formula is C20H26N8OS. The molecule has 10 heteroatoms. The van der Waals surface area contributed by atoms with Crippen molar-refractivity contribution in [3.05, 3.63) is 62.8 Å². The minimum absolute atomic E-state index is 0.134. The molecule has 158 valence electrons. The first-order valence-corrected chi connectivity index (χ1v) is 10.6. The number of guanidine groups is 1. The van der Waals surface area contributed by atoms with Crippen LogP contribution in [0.4, 0.5) is 11.1 Å². The molecule has 0 amide bonds. The van der Waals surface area contributed by atoms with Gasteiger partial charge in [-0.15, -0.1) is 11.3 Å². The number of aromatic amines is 1. The average Bonchev–Trinajstić information content (AvgIpc) is 3.18. The molecule has 0 aromatic carbocycles. The van der Waals surface area contributed by atoms with Gasteiger partial charge in [-0.2, -0.15) is 0 Å². The van der Waals surface area contributed by atoms with Crippen molar-refractivity contribution in [2.24, 2.45) is 10.7 Å². The number of unbranched alkanes of at least 4 members (excludes halogenated alkanes) is 1. The molecule has 0 unspecified atom stereocenters. The number of aryl methyl sites for hydroxylation is 2. The number of H-pyrrole nitrogens is 1. The third kappa shape index (κ3) is 6.38. The van der Waals surface area contributed by atoms with Gasteiger partial charge in [0.1, 0.15) is 0 Å². The molecule has 0 aliphatic rings. The number of hydrogen-bond donors (Lipinski definition) is 4. The largest absolute Gasteiger partial charge is 0.370 e. The van der Waals surface area contributed by atoms with Crippen LogP contribution < -0.4 is 21.9 Å². The Morgan fingerprint density at radius 2 is 2.13 bits per heavy atom. The van der Waals surface area contributed by atoms with Crippen LogP contribution in [0.15, 0.2) is 39.7 Å². The highest BCUT2D eigenvalue weighted by molar-refractivity contribution is 7.13. The summed E-state index contributed by atoms with van der Waals surface area (Å²) in [4.78, 5) is 32.0. The Kier molecular flexibility index (Phi) is 7.50. The standard InChI is InChI=1S/C20H26N8OS/c1-13-6-7-14(10-24-13)9-15-11-25-19(27-17(15)29)23-8-4-3-5-16-12-30-20(26-16)28-18(21)22-2/h6-7,10-12H,3-5,8-9H2,1-2H3,(H3,21,22,26,28)(H2,23,25,27,29). The molecule has 0 bridgehead atoms. The summed E-state index contributed by atoms with van der Waals surface area (Å²) in [5.41, 5.74) is 9.08. The normalized spacial score (nSPS) is 11.5. The lowest BCUT2D eigenvalue weighted by Crippen LogP contribution is -2.21. The second-order valence-corrected chi connectivity index (χ2v) is 7.69. The molecule has 0 atom stereocenters. The average molecular weight is 427 g/mol. The van der Waals surface area contributed by atoms with Gasteiger partial charge in [0.05, 0.1) is 5.69 Å². The van der Waals surface area contributed by atoms with Crippen molar-refractivity contribution in [1.29, 1.82) is 0 Å². The summed E-state index contributed by atoms with van der Waals surface area (Å²) in [5, 5.41) is 8.87. The summed E-state index contributed by atoms with van der Waals surface area (Å²) >= 11 is 1.51. The summed E-state index contributed by atoms with van der Waals surface area (Å²) in [7, 11) is 1.63. The second-order valence-electron chi connectivity index (χ2n) is 6.83. The van der Waals surface area contributed by atoms with E-state index in [-0.39, 0.29) is 5.56 Å². The minimum atomic E-state index is -0.134. The van der Waals surface area contributed by atoms with Gasteiger partial charge in [-0.25, -0.2) is 9.97 Å². The van der Waals surface area contributed by atoms with Gasteiger partial charge in [0.25, 0.3) is 5.56 Å². The predicted molar refractivity (Wildman–Crippen MR) is 121 cm³/mol. The van der Waals surface area contributed by atoms with Crippen LogP contribution in [0, 0.1) is 6.92 Å². The summed E-state index contributed by atoms with van der Waals surface area (Å²) in [6.07, 6.45) is 6.69. The fourth-order valence-corrected chi connectivity index (χ4v) is 3.49. The first-order chi connectivity index (χ1) is 14.5. The predicted octanol–water partition coefficient (Wildman–Crippen LogP) is 2.31. The molecule has 0 spiro atoms. The van der Waals surface area contributed by atoms with Crippen molar-refractivity contribution in [3.63, 3.8) is 0 Å². The Hall–Kier alpha value is -3.27. The number of nitrogens with two attached hydrogens (primary N) is 1. The fraction of sp³-hybridized carbons (Fsp3) is 0.350. The van der Waals surface area contributed by atoms with E-state index in [9.17, 15) is 4.79 Å². The lowest BCUT2D eigenvalue weighted by Gasteiger charge is -2.06. The van der Waals surface area contributed by atoms with Crippen LogP contribution >= 0.6 is 11.3 Å². The first-order valence-electron chi connectivity index (χ1n) is 9.71. The van der Waals surface area contributed by atoms with Crippen LogP contribution in [0.5, 0.6) is 0 Å². The van der Waals surface area contributed by atoms with Gasteiger partial charge in [0.2, 0.25) is 5.95 Å². The highest BCUT2D eigenvalue weighted by atomic mass is 32.1. The van der Waals surface area contributed by atoms with Crippen LogP contribution in [0.1, 0.15) is 35.4 Å². The monoisotopic (exact) mass is 426 g/mol. The second kappa shape index (κ2) is 10.5. The molecule has 3 aromatic heterocycles. The maximum absolute atomic E-state index is 12.3. The number of anilines is 2. The van der Waals surface area contributed by atoms with Crippen LogP contribution in [0.2, 0.25) is 0 Å². The van der Waals surface area contributed by atoms with Gasteiger partial charge in [-0.3, -0.25) is 19.8 Å². The summed E-state index contributed by atoms with van der Waals surface area (Å²) < 4.78 is 0. The maximum atomic E-state index is 12.3. The van der Waals surface area contributed by atoms with Crippen molar-refractivity contribution >= 4 is 28.4 Å². The van der Waals surface area contributed by atoms with E-state index in [1.165, 1.54) is 11.3 Å².